The molecule has 0 amide bonds. The zero-order valence-corrected chi connectivity index (χ0v) is 14.0. The van der Waals surface area contributed by atoms with Crippen LogP contribution in [0, 0.1) is 5.41 Å². The Balaban J connectivity index is 1.85. The Hall–Kier alpha value is -0.710. The number of benzene rings is 1. The number of thioether (sulfide) groups is 1. The van der Waals surface area contributed by atoms with Crippen LogP contribution < -0.4 is 0 Å². The van der Waals surface area contributed by atoms with Crippen LogP contribution >= 0.6 is 35.0 Å². The zero-order valence-electron chi connectivity index (χ0n) is 11.7. The van der Waals surface area contributed by atoms with Crippen LogP contribution in [0.3, 0.4) is 0 Å². The average molecular weight is 347 g/mol. The second-order valence-electron chi connectivity index (χ2n) is 5.29. The Kier molecular flexibility index (Phi) is 5.58. The predicted octanol–water partition coefficient (Wildman–Crippen LogP) is 4.25. The molecule has 0 atom stereocenters. The number of Topliss-reactive ketones (excluding diaryl/α,β-unsaturated/α-hetero) is 1. The molecule has 1 aliphatic rings. The third-order valence-corrected chi connectivity index (χ3v) is 5.42. The maximum absolute atomic E-state index is 12.1. The van der Waals surface area contributed by atoms with Crippen molar-refractivity contribution >= 4 is 46.7 Å². The third kappa shape index (κ3) is 4.63. The number of ether oxygens (including phenoxy) is 1. The van der Waals surface area contributed by atoms with Gasteiger partial charge < -0.3 is 4.74 Å². The van der Waals surface area contributed by atoms with Gasteiger partial charge in [0.25, 0.3) is 0 Å². The van der Waals surface area contributed by atoms with Gasteiger partial charge in [-0.05, 0) is 42.2 Å². The van der Waals surface area contributed by atoms with Gasteiger partial charge in [0, 0.05) is 10.6 Å². The fraction of sp³-hybridized carbons (Fsp3) is 0.467. The molecule has 1 aliphatic carbocycles. The monoisotopic (exact) mass is 346 g/mol. The summed E-state index contributed by atoms with van der Waals surface area (Å²) in [6.45, 7) is 0. The molecule has 1 aromatic rings. The van der Waals surface area contributed by atoms with Gasteiger partial charge in [-0.2, -0.15) is 11.8 Å². The number of hydrogen-bond acceptors (Lipinski definition) is 4. The van der Waals surface area contributed by atoms with Gasteiger partial charge in [0.05, 0.1) is 24.3 Å². The number of rotatable bonds is 7. The Labute approximate surface area is 138 Å². The molecule has 0 aliphatic heterocycles. The third-order valence-electron chi connectivity index (χ3n) is 3.57. The predicted molar refractivity (Wildman–Crippen MR) is 86.4 cm³/mol. The van der Waals surface area contributed by atoms with Gasteiger partial charge in [-0.1, -0.05) is 23.2 Å². The summed E-state index contributed by atoms with van der Waals surface area (Å²) in [5.41, 5.74) is 0.477. The molecule has 0 heterocycles. The Morgan fingerprint density at radius 2 is 2.05 bits per heavy atom. The molecule has 0 unspecified atom stereocenters. The summed E-state index contributed by atoms with van der Waals surface area (Å²) in [6.07, 6.45) is 2.46. The first-order chi connectivity index (χ1) is 9.96. The first-order valence-corrected chi connectivity index (χ1v) is 8.50. The van der Waals surface area contributed by atoms with E-state index < -0.39 is 0 Å². The molecule has 114 valence electrons. The molecular formula is C15H16Cl2O3S. The van der Waals surface area contributed by atoms with Crippen molar-refractivity contribution in [1.29, 1.82) is 0 Å². The standard InChI is InChI=1S/C15H16Cl2O3S/c1-20-14(19)7-15(4-5-15)9-21-8-13(18)11-6-10(16)2-3-12(11)17/h2-3,6H,4-5,7-9H2,1H3. The van der Waals surface area contributed by atoms with Gasteiger partial charge in [-0.25, -0.2) is 0 Å². The molecule has 0 N–H and O–H groups in total. The normalized spacial score (nSPS) is 15.6. The second kappa shape index (κ2) is 7.03. The van der Waals surface area contributed by atoms with E-state index in [1.807, 2.05) is 0 Å². The molecule has 0 radical (unpaired) electrons. The van der Waals surface area contributed by atoms with E-state index in [9.17, 15) is 9.59 Å². The van der Waals surface area contributed by atoms with Crippen LogP contribution in [-0.2, 0) is 9.53 Å². The van der Waals surface area contributed by atoms with E-state index in [4.69, 9.17) is 27.9 Å². The molecule has 21 heavy (non-hydrogen) atoms. The van der Waals surface area contributed by atoms with E-state index in [1.54, 1.807) is 18.2 Å². The highest BCUT2D eigenvalue weighted by Gasteiger charge is 2.44. The highest BCUT2D eigenvalue weighted by atomic mass is 35.5. The van der Waals surface area contributed by atoms with Crippen molar-refractivity contribution in [3.63, 3.8) is 0 Å². The van der Waals surface area contributed by atoms with E-state index in [1.165, 1.54) is 18.9 Å². The minimum atomic E-state index is -0.183. The highest BCUT2D eigenvalue weighted by Crippen LogP contribution is 2.51. The smallest absolute Gasteiger partial charge is 0.306 e. The topological polar surface area (TPSA) is 43.4 Å². The second-order valence-corrected chi connectivity index (χ2v) is 7.12. The summed E-state index contributed by atoms with van der Waals surface area (Å²) < 4.78 is 4.70. The van der Waals surface area contributed by atoms with E-state index >= 15 is 0 Å². The minimum absolute atomic E-state index is 0.0240. The molecule has 0 aromatic heterocycles. The summed E-state index contributed by atoms with van der Waals surface area (Å²) in [7, 11) is 1.40. The van der Waals surface area contributed by atoms with Crippen LogP contribution in [0.1, 0.15) is 29.6 Å². The van der Waals surface area contributed by atoms with Crippen molar-refractivity contribution in [1.82, 2.24) is 0 Å². The SMILES string of the molecule is COC(=O)CC1(CSCC(=O)c2cc(Cl)ccc2Cl)CC1. The number of hydrogen-bond donors (Lipinski definition) is 0. The molecule has 2 rings (SSSR count). The molecule has 1 saturated carbocycles. The maximum Gasteiger partial charge on any atom is 0.306 e. The molecule has 3 nitrogen and oxygen atoms in total. The molecular weight excluding hydrogens is 331 g/mol. The highest BCUT2D eigenvalue weighted by molar-refractivity contribution is 8.00. The maximum atomic E-state index is 12.1. The lowest BCUT2D eigenvalue weighted by atomic mass is 10.1. The van der Waals surface area contributed by atoms with Crippen LogP contribution in [-0.4, -0.2) is 30.4 Å². The van der Waals surface area contributed by atoms with Crippen LogP contribution in [0.4, 0.5) is 0 Å². The number of ketones is 1. The van der Waals surface area contributed by atoms with Crippen LogP contribution in [0.25, 0.3) is 0 Å². The number of methoxy groups -OCH3 is 1. The van der Waals surface area contributed by atoms with Gasteiger partial charge in [-0.3, -0.25) is 9.59 Å². The van der Waals surface area contributed by atoms with E-state index in [0.29, 0.717) is 27.8 Å². The Bertz CT molecular complexity index is 556. The summed E-state index contributed by atoms with van der Waals surface area (Å²) >= 11 is 13.4. The zero-order chi connectivity index (χ0) is 15.5. The van der Waals surface area contributed by atoms with Gasteiger partial charge in [-0.15, -0.1) is 0 Å². The van der Waals surface area contributed by atoms with Crippen molar-refractivity contribution < 1.29 is 14.3 Å². The number of halogens is 2. The van der Waals surface area contributed by atoms with E-state index in [0.717, 1.165) is 18.6 Å². The number of carbonyl (C=O) groups excluding carboxylic acids is 2. The van der Waals surface area contributed by atoms with Crippen molar-refractivity contribution in [2.45, 2.75) is 19.3 Å². The quantitative estimate of drug-likeness (QED) is 0.546. The van der Waals surface area contributed by atoms with Crippen molar-refractivity contribution in [3.8, 4) is 0 Å². The van der Waals surface area contributed by atoms with Crippen molar-refractivity contribution in [2.75, 3.05) is 18.6 Å². The van der Waals surface area contributed by atoms with Gasteiger partial charge in [0.15, 0.2) is 5.78 Å². The lowest BCUT2D eigenvalue weighted by molar-refractivity contribution is -0.141. The van der Waals surface area contributed by atoms with Crippen molar-refractivity contribution in [3.05, 3.63) is 33.8 Å². The minimum Gasteiger partial charge on any atom is -0.469 e. The summed E-state index contributed by atoms with van der Waals surface area (Å²) in [5.74, 6) is 0.897. The fourth-order valence-corrected chi connectivity index (χ4v) is 3.74. The Morgan fingerprint density at radius 3 is 2.67 bits per heavy atom. The lowest BCUT2D eigenvalue weighted by Gasteiger charge is -2.12. The number of esters is 1. The molecule has 1 aromatic carbocycles. The first kappa shape index (κ1) is 16.7. The van der Waals surface area contributed by atoms with Gasteiger partial charge >= 0.3 is 5.97 Å². The molecule has 0 spiro atoms. The lowest BCUT2D eigenvalue weighted by Crippen LogP contribution is -2.14. The summed E-state index contributed by atoms with van der Waals surface area (Å²) in [4.78, 5) is 23.5. The Morgan fingerprint density at radius 1 is 1.33 bits per heavy atom. The van der Waals surface area contributed by atoms with Crippen LogP contribution in [0.15, 0.2) is 18.2 Å². The van der Waals surface area contributed by atoms with Gasteiger partial charge in [0.1, 0.15) is 0 Å². The summed E-state index contributed by atoms with van der Waals surface area (Å²) in [6, 6.07) is 4.87. The average Bonchev–Trinajstić information content (AvgIpc) is 3.21. The van der Waals surface area contributed by atoms with E-state index in [2.05, 4.69) is 0 Å². The largest absolute Gasteiger partial charge is 0.469 e. The molecule has 1 fully saturated rings. The van der Waals surface area contributed by atoms with Crippen LogP contribution in [0.5, 0.6) is 0 Å². The fourth-order valence-electron chi connectivity index (χ4n) is 2.08. The summed E-state index contributed by atoms with van der Waals surface area (Å²) in [5, 5.41) is 0.915. The molecule has 0 saturated heterocycles. The molecule has 0 bridgehead atoms. The van der Waals surface area contributed by atoms with E-state index in [-0.39, 0.29) is 17.2 Å². The first-order valence-electron chi connectivity index (χ1n) is 6.59. The number of carbonyl (C=O) groups is 2. The van der Waals surface area contributed by atoms with Gasteiger partial charge in [0.2, 0.25) is 0 Å². The molecule has 6 heteroatoms. The van der Waals surface area contributed by atoms with Crippen LogP contribution in [0.2, 0.25) is 10.0 Å². The van der Waals surface area contributed by atoms with Crippen molar-refractivity contribution in [2.24, 2.45) is 5.41 Å².